The first-order valence-electron chi connectivity index (χ1n) is 8.96. The lowest BCUT2D eigenvalue weighted by atomic mass is 9.97. The molecule has 2 rings (SSSR count). The van der Waals surface area contributed by atoms with Crippen LogP contribution in [-0.2, 0) is 9.53 Å². The van der Waals surface area contributed by atoms with Gasteiger partial charge in [0.1, 0.15) is 11.9 Å². The van der Waals surface area contributed by atoms with E-state index in [0.29, 0.717) is 6.54 Å². The number of esters is 1. The Bertz CT molecular complexity index is 554. The van der Waals surface area contributed by atoms with E-state index in [-0.39, 0.29) is 18.0 Å². The van der Waals surface area contributed by atoms with Crippen LogP contribution < -0.4 is 10.1 Å². The zero-order valence-electron chi connectivity index (χ0n) is 15.4. The predicted octanol–water partition coefficient (Wildman–Crippen LogP) is 2.30. The summed E-state index contributed by atoms with van der Waals surface area (Å²) in [5.41, 5.74) is 0. The van der Waals surface area contributed by atoms with Gasteiger partial charge in [0.25, 0.3) is 0 Å². The fourth-order valence-corrected chi connectivity index (χ4v) is 2.90. The second-order valence-electron chi connectivity index (χ2n) is 6.22. The number of nitrogens with one attached hydrogen (secondary N) is 1. The minimum absolute atomic E-state index is 0.00413. The molecule has 1 N–H and O–H groups in total. The molecule has 1 aromatic rings. The Morgan fingerprint density at radius 1 is 1.32 bits per heavy atom. The number of ether oxygens (including phenoxy) is 2. The smallest absolute Gasteiger partial charge is 0.308 e. The molecule has 0 aliphatic carbocycles. The number of carbonyl (C=O) groups excluding carboxylic acids is 1. The largest absolute Gasteiger partial charge is 0.489 e. The van der Waals surface area contributed by atoms with Crippen molar-refractivity contribution < 1.29 is 14.3 Å². The van der Waals surface area contributed by atoms with Crippen molar-refractivity contribution in [1.29, 1.82) is 0 Å². The number of hydrogen-bond donors (Lipinski definition) is 1. The van der Waals surface area contributed by atoms with Gasteiger partial charge in [-0.3, -0.25) is 4.79 Å². The summed E-state index contributed by atoms with van der Waals surface area (Å²) >= 11 is 0. The second kappa shape index (κ2) is 9.91. The molecule has 0 spiro atoms. The number of aliphatic imine (C=N–C) groups is 1. The number of para-hydroxylation sites is 1. The molecule has 1 aromatic carbocycles. The Morgan fingerprint density at radius 2 is 2.00 bits per heavy atom. The third-order valence-electron chi connectivity index (χ3n) is 4.24. The summed E-state index contributed by atoms with van der Waals surface area (Å²) in [4.78, 5) is 18.6. The van der Waals surface area contributed by atoms with E-state index in [1.54, 1.807) is 0 Å². The van der Waals surface area contributed by atoms with Crippen LogP contribution in [-0.4, -0.2) is 56.2 Å². The number of piperidine rings is 1. The summed E-state index contributed by atoms with van der Waals surface area (Å²) in [6.07, 6.45) is 1.59. The van der Waals surface area contributed by atoms with Gasteiger partial charge in [-0.15, -0.1) is 0 Å². The Hall–Kier alpha value is -2.24. The maximum atomic E-state index is 11.7. The third kappa shape index (κ3) is 5.96. The van der Waals surface area contributed by atoms with Gasteiger partial charge in [0, 0.05) is 19.6 Å². The van der Waals surface area contributed by atoms with Crippen LogP contribution in [0.25, 0.3) is 0 Å². The molecule has 0 aromatic heterocycles. The molecule has 6 heteroatoms. The zero-order chi connectivity index (χ0) is 18.1. The van der Waals surface area contributed by atoms with Crippen molar-refractivity contribution in [2.24, 2.45) is 10.9 Å². The molecular weight excluding hydrogens is 318 g/mol. The molecule has 1 atom stereocenters. The van der Waals surface area contributed by atoms with Gasteiger partial charge in [-0.1, -0.05) is 18.2 Å². The minimum Gasteiger partial charge on any atom is -0.489 e. The highest BCUT2D eigenvalue weighted by Crippen LogP contribution is 2.18. The molecule has 0 saturated carbocycles. The van der Waals surface area contributed by atoms with E-state index >= 15 is 0 Å². The fourth-order valence-electron chi connectivity index (χ4n) is 2.90. The number of likely N-dealkylation sites (tertiary alicyclic amines) is 1. The van der Waals surface area contributed by atoms with Crippen LogP contribution in [0.1, 0.15) is 26.7 Å². The van der Waals surface area contributed by atoms with Crippen LogP contribution in [0.2, 0.25) is 0 Å². The maximum Gasteiger partial charge on any atom is 0.308 e. The maximum absolute atomic E-state index is 11.7. The molecule has 1 fully saturated rings. The van der Waals surface area contributed by atoms with Crippen LogP contribution >= 0.6 is 0 Å². The summed E-state index contributed by atoms with van der Waals surface area (Å²) < 4.78 is 10.7. The lowest BCUT2D eigenvalue weighted by Gasteiger charge is -2.33. The minimum atomic E-state index is -0.105. The van der Waals surface area contributed by atoms with Crippen LogP contribution in [0.3, 0.4) is 0 Å². The lowest BCUT2D eigenvalue weighted by Crippen LogP contribution is -2.47. The van der Waals surface area contributed by atoms with Crippen LogP contribution in [0.4, 0.5) is 0 Å². The molecular formula is C19H29N3O3. The summed E-state index contributed by atoms with van der Waals surface area (Å²) in [5.74, 6) is 1.64. The van der Waals surface area contributed by atoms with Gasteiger partial charge < -0.3 is 19.7 Å². The van der Waals surface area contributed by atoms with E-state index in [0.717, 1.165) is 44.2 Å². The first-order chi connectivity index (χ1) is 12.1. The molecule has 25 heavy (non-hydrogen) atoms. The van der Waals surface area contributed by atoms with E-state index in [2.05, 4.69) is 17.1 Å². The number of nitrogens with zero attached hydrogens (tertiary/aromatic N) is 2. The van der Waals surface area contributed by atoms with E-state index in [9.17, 15) is 4.79 Å². The van der Waals surface area contributed by atoms with Gasteiger partial charge in [0.15, 0.2) is 5.96 Å². The molecule has 1 aliphatic rings. The molecule has 1 unspecified atom stereocenters. The van der Waals surface area contributed by atoms with Crippen molar-refractivity contribution in [2.45, 2.75) is 32.8 Å². The molecule has 1 aliphatic heterocycles. The lowest BCUT2D eigenvalue weighted by molar-refractivity contribution is -0.146. The Kier molecular flexibility index (Phi) is 7.57. The van der Waals surface area contributed by atoms with Gasteiger partial charge in [0.2, 0.25) is 0 Å². The van der Waals surface area contributed by atoms with Crippen LogP contribution in [0, 0.1) is 5.92 Å². The third-order valence-corrected chi connectivity index (χ3v) is 4.24. The number of benzene rings is 1. The molecule has 0 radical (unpaired) electrons. The Balaban J connectivity index is 1.89. The van der Waals surface area contributed by atoms with Crippen molar-refractivity contribution in [3.63, 3.8) is 0 Å². The van der Waals surface area contributed by atoms with Gasteiger partial charge >= 0.3 is 5.97 Å². The topological polar surface area (TPSA) is 63.2 Å². The number of hydrogen-bond acceptors (Lipinski definition) is 4. The highest BCUT2D eigenvalue weighted by Gasteiger charge is 2.27. The Labute approximate surface area is 150 Å². The molecule has 1 heterocycles. The average molecular weight is 347 g/mol. The molecule has 0 amide bonds. The van der Waals surface area contributed by atoms with Gasteiger partial charge in [-0.05, 0) is 38.8 Å². The molecule has 0 bridgehead atoms. The summed E-state index contributed by atoms with van der Waals surface area (Å²) in [7, 11) is 1.45. The highest BCUT2D eigenvalue weighted by atomic mass is 16.5. The normalized spacial score (nSPS) is 17.1. The fraction of sp³-hybridized carbons (Fsp3) is 0.579. The van der Waals surface area contributed by atoms with Crippen molar-refractivity contribution in [3.8, 4) is 5.75 Å². The van der Waals surface area contributed by atoms with Gasteiger partial charge in [0.05, 0.1) is 19.6 Å². The first-order valence-corrected chi connectivity index (χ1v) is 8.96. The van der Waals surface area contributed by atoms with Gasteiger partial charge in [-0.2, -0.15) is 0 Å². The number of carbonyl (C=O) groups is 1. The van der Waals surface area contributed by atoms with E-state index < -0.39 is 0 Å². The molecule has 1 saturated heterocycles. The van der Waals surface area contributed by atoms with Crippen molar-refractivity contribution in [3.05, 3.63) is 30.3 Å². The van der Waals surface area contributed by atoms with Crippen molar-refractivity contribution >= 4 is 11.9 Å². The molecule has 6 nitrogen and oxygen atoms in total. The van der Waals surface area contributed by atoms with E-state index in [4.69, 9.17) is 14.5 Å². The monoisotopic (exact) mass is 347 g/mol. The SMILES string of the molecule is CCNC(=NCC(C)Oc1ccccc1)N1CCC(C(=O)OC)CC1. The zero-order valence-corrected chi connectivity index (χ0v) is 15.4. The number of methoxy groups -OCH3 is 1. The Morgan fingerprint density at radius 3 is 2.60 bits per heavy atom. The first kappa shape index (κ1) is 19.1. The quantitative estimate of drug-likeness (QED) is 0.486. The second-order valence-corrected chi connectivity index (χ2v) is 6.22. The summed E-state index contributed by atoms with van der Waals surface area (Å²) in [5, 5.41) is 3.33. The number of rotatable bonds is 6. The van der Waals surface area contributed by atoms with E-state index in [1.807, 2.05) is 37.3 Å². The van der Waals surface area contributed by atoms with Crippen LogP contribution in [0.15, 0.2) is 35.3 Å². The van der Waals surface area contributed by atoms with Crippen molar-refractivity contribution in [1.82, 2.24) is 10.2 Å². The summed E-state index contributed by atoms with van der Waals surface area (Å²) in [6.45, 7) is 7.07. The summed E-state index contributed by atoms with van der Waals surface area (Å²) in [6, 6.07) is 9.78. The van der Waals surface area contributed by atoms with Crippen LogP contribution in [0.5, 0.6) is 5.75 Å². The van der Waals surface area contributed by atoms with Gasteiger partial charge in [-0.25, -0.2) is 4.99 Å². The number of guanidine groups is 1. The van der Waals surface area contributed by atoms with Crippen molar-refractivity contribution in [2.75, 3.05) is 33.3 Å². The average Bonchev–Trinajstić information content (AvgIpc) is 2.65. The van der Waals surface area contributed by atoms with E-state index in [1.165, 1.54) is 7.11 Å². The standard InChI is InChI=1S/C19H29N3O3/c1-4-20-19(22-12-10-16(11-13-22)18(23)24-3)21-14-15(2)25-17-8-6-5-7-9-17/h5-9,15-16H,4,10-14H2,1-3H3,(H,20,21). The predicted molar refractivity (Wildman–Crippen MR) is 98.8 cm³/mol. The highest BCUT2D eigenvalue weighted by molar-refractivity contribution is 5.80. The molecule has 138 valence electrons.